The first-order valence-electron chi connectivity index (χ1n) is 16.0. The van der Waals surface area contributed by atoms with Crippen LogP contribution in [0.1, 0.15) is 64.4 Å². The van der Waals surface area contributed by atoms with E-state index in [-0.39, 0.29) is 30.9 Å². The monoisotopic (exact) mass is 620 g/mol. The highest BCUT2D eigenvalue weighted by Gasteiger charge is 2.27. The van der Waals surface area contributed by atoms with Gasteiger partial charge in [-0.15, -0.1) is 0 Å². The molecule has 1 saturated carbocycles. The molecule has 0 saturated heterocycles. The molecular weight excluding hydrogens is 572 g/mol. The number of amides is 3. The van der Waals surface area contributed by atoms with Gasteiger partial charge in [-0.2, -0.15) is 0 Å². The van der Waals surface area contributed by atoms with Crippen molar-refractivity contribution in [2.45, 2.75) is 71.4 Å². The fourth-order valence-electron chi connectivity index (χ4n) is 5.46. The predicted octanol–water partition coefficient (Wildman–Crippen LogP) is 5.53. The van der Waals surface area contributed by atoms with Crippen LogP contribution in [-0.2, 0) is 20.9 Å². The molecule has 2 aromatic rings. The van der Waals surface area contributed by atoms with Crippen molar-refractivity contribution in [1.82, 2.24) is 15.1 Å². The van der Waals surface area contributed by atoms with Gasteiger partial charge in [0.2, 0.25) is 11.9 Å². The minimum Gasteiger partial charge on any atom is -0.493 e. The second-order valence-electron chi connectivity index (χ2n) is 12.4. The smallest absolute Gasteiger partial charge is 0.326 e. The van der Waals surface area contributed by atoms with Crippen LogP contribution in [0, 0.1) is 5.92 Å². The fourth-order valence-corrected chi connectivity index (χ4v) is 5.46. The molecule has 3 amide bonds. The summed E-state index contributed by atoms with van der Waals surface area (Å²) >= 11 is 0. The predicted molar refractivity (Wildman–Crippen MR) is 177 cm³/mol. The van der Waals surface area contributed by atoms with E-state index in [9.17, 15) is 14.4 Å². The molecule has 0 spiro atoms. The molecule has 1 heterocycles. The molecule has 0 unspecified atom stereocenters. The van der Waals surface area contributed by atoms with Crippen molar-refractivity contribution < 1.29 is 23.9 Å². The van der Waals surface area contributed by atoms with Crippen LogP contribution in [0.3, 0.4) is 0 Å². The van der Waals surface area contributed by atoms with Crippen molar-refractivity contribution in [3.63, 3.8) is 0 Å². The number of carbonyl (C=O) groups is 3. The molecule has 1 fully saturated rings. The number of carbonyl (C=O) groups excluding carboxylic acids is 3. The summed E-state index contributed by atoms with van der Waals surface area (Å²) in [4.78, 5) is 48.8. The number of esters is 1. The number of ether oxygens (including phenoxy) is 2. The van der Waals surface area contributed by atoms with Gasteiger partial charge in [-0.1, -0.05) is 39.2 Å². The topological polar surface area (TPSA) is 116 Å². The standard InChI is InChI=1S/C34H48N6O5/c1-24(2)23-45-32(42)22-40-21-28-29(36-33(40)37-34(43)35-25-16-18-26(19-17-25)38(3)4)13-9-14-30(28)44-20-10-15-31(41)39(5)27-11-7-6-8-12-27/h9,13-14,16-19,24,27H,6-8,10-12,15,20-23H2,1-5H3,(H2,35,36,37,43). The van der Waals surface area contributed by atoms with Crippen molar-refractivity contribution in [2.75, 3.05) is 51.1 Å². The average molecular weight is 621 g/mol. The fraction of sp³-hybridized carbons (Fsp3) is 0.529. The molecule has 0 atom stereocenters. The summed E-state index contributed by atoms with van der Waals surface area (Å²) in [7, 11) is 5.81. The molecule has 0 aromatic heterocycles. The van der Waals surface area contributed by atoms with Gasteiger partial charge in [-0.05, 0) is 61.6 Å². The first-order chi connectivity index (χ1) is 21.6. The summed E-state index contributed by atoms with van der Waals surface area (Å²) in [6.07, 6.45) is 6.81. The van der Waals surface area contributed by atoms with Gasteiger partial charge in [0.15, 0.2) is 0 Å². The largest absolute Gasteiger partial charge is 0.493 e. The minimum absolute atomic E-state index is 0.0981. The first kappa shape index (κ1) is 33.6. The van der Waals surface area contributed by atoms with Crippen LogP contribution >= 0.6 is 0 Å². The first-order valence-corrected chi connectivity index (χ1v) is 16.0. The zero-order chi connectivity index (χ0) is 32.3. The number of aliphatic imine (C=N–C) groups is 1. The number of guanidine groups is 1. The Morgan fingerprint density at radius 1 is 1.00 bits per heavy atom. The molecule has 244 valence electrons. The summed E-state index contributed by atoms with van der Waals surface area (Å²) in [6, 6.07) is 12.9. The summed E-state index contributed by atoms with van der Waals surface area (Å²) in [5.74, 6) is 0.801. The number of hydrogen-bond acceptors (Lipinski definition) is 8. The molecule has 1 aliphatic heterocycles. The van der Waals surface area contributed by atoms with E-state index < -0.39 is 12.0 Å². The zero-order valence-electron chi connectivity index (χ0n) is 27.3. The summed E-state index contributed by atoms with van der Waals surface area (Å²) in [5.41, 5.74) is 3.07. The van der Waals surface area contributed by atoms with Gasteiger partial charge in [0.25, 0.3) is 0 Å². The number of benzene rings is 2. The van der Waals surface area contributed by atoms with E-state index >= 15 is 0 Å². The Bertz CT molecular complexity index is 1340. The highest BCUT2D eigenvalue weighted by Crippen LogP contribution is 2.34. The molecule has 2 N–H and O–H groups in total. The lowest BCUT2D eigenvalue weighted by atomic mass is 9.94. The van der Waals surface area contributed by atoms with Crippen LogP contribution < -0.4 is 20.3 Å². The number of fused-ring (bicyclic) bond motifs is 1. The number of hydrogen-bond donors (Lipinski definition) is 2. The Morgan fingerprint density at radius 2 is 1.73 bits per heavy atom. The number of anilines is 2. The highest BCUT2D eigenvalue weighted by molar-refractivity contribution is 6.04. The lowest BCUT2D eigenvalue weighted by Gasteiger charge is -2.31. The molecule has 11 heteroatoms. The number of rotatable bonds is 12. The van der Waals surface area contributed by atoms with Gasteiger partial charge >= 0.3 is 12.0 Å². The summed E-state index contributed by atoms with van der Waals surface area (Å²) in [5, 5.41) is 5.64. The second kappa shape index (κ2) is 16.2. The molecular formula is C34H48N6O5. The van der Waals surface area contributed by atoms with Crippen molar-refractivity contribution in [2.24, 2.45) is 10.9 Å². The highest BCUT2D eigenvalue weighted by atomic mass is 16.5. The maximum Gasteiger partial charge on any atom is 0.326 e. The zero-order valence-corrected chi connectivity index (χ0v) is 27.3. The van der Waals surface area contributed by atoms with E-state index in [1.807, 2.05) is 87.3 Å². The Kier molecular flexibility index (Phi) is 12.1. The van der Waals surface area contributed by atoms with Gasteiger partial charge in [-0.25, -0.2) is 9.79 Å². The van der Waals surface area contributed by atoms with E-state index in [1.54, 1.807) is 4.90 Å². The summed E-state index contributed by atoms with van der Waals surface area (Å²) < 4.78 is 11.6. The van der Waals surface area contributed by atoms with Gasteiger partial charge < -0.3 is 29.5 Å². The Hall–Kier alpha value is -4.28. The van der Waals surface area contributed by atoms with Crippen LogP contribution in [0.2, 0.25) is 0 Å². The van der Waals surface area contributed by atoms with Gasteiger partial charge in [-0.3, -0.25) is 14.9 Å². The molecule has 1 aliphatic carbocycles. The third-order valence-corrected chi connectivity index (χ3v) is 8.06. The van der Waals surface area contributed by atoms with Crippen LogP contribution in [-0.4, -0.2) is 80.6 Å². The second-order valence-corrected chi connectivity index (χ2v) is 12.4. The third kappa shape index (κ3) is 9.86. The Labute approximate surface area is 266 Å². The molecule has 2 aromatic carbocycles. The van der Waals surface area contributed by atoms with Gasteiger partial charge in [0.1, 0.15) is 12.3 Å². The Balaban J connectivity index is 1.42. The van der Waals surface area contributed by atoms with Crippen molar-refractivity contribution in [1.29, 1.82) is 0 Å². The van der Waals surface area contributed by atoms with E-state index in [4.69, 9.17) is 14.5 Å². The number of nitrogens with zero attached hydrogens (tertiary/aromatic N) is 4. The molecule has 11 nitrogen and oxygen atoms in total. The SMILES string of the molecule is CC(C)COC(=O)CN1Cc2c(cccc2OCCCC(=O)N(C)C2CCCCC2)N=C1NC(=O)Nc1ccc(N(C)C)cc1. The maximum absolute atomic E-state index is 13.0. The maximum atomic E-state index is 13.0. The molecule has 4 rings (SSSR count). The van der Waals surface area contributed by atoms with E-state index in [1.165, 1.54) is 19.3 Å². The Morgan fingerprint density at radius 3 is 2.42 bits per heavy atom. The summed E-state index contributed by atoms with van der Waals surface area (Å²) in [6.45, 7) is 4.80. The van der Waals surface area contributed by atoms with Crippen LogP contribution in [0.4, 0.5) is 21.9 Å². The van der Waals surface area contributed by atoms with E-state index in [0.29, 0.717) is 49.2 Å². The molecule has 45 heavy (non-hydrogen) atoms. The molecule has 0 bridgehead atoms. The van der Waals surface area contributed by atoms with E-state index in [0.717, 1.165) is 24.1 Å². The lowest BCUT2D eigenvalue weighted by Crippen LogP contribution is -2.48. The van der Waals surface area contributed by atoms with Gasteiger partial charge in [0, 0.05) is 50.5 Å². The van der Waals surface area contributed by atoms with Crippen LogP contribution in [0.5, 0.6) is 5.75 Å². The van der Waals surface area contributed by atoms with Gasteiger partial charge in [0.05, 0.1) is 25.4 Å². The quantitative estimate of drug-likeness (QED) is 0.237. The normalized spacial score (nSPS) is 14.7. The third-order valence-electron chi connectivity index (χ3n) is 8.06. The number of urea groups is 1. The lowest BCUT2D eigenvalue weighted by molar-refractivity contribution is -0.145. The van der Waals surface area contributed by atoms with Crippen molar-refractivity contribution in [3.8, 4) is 5.75 Å². The number of nitrogens with one attached hydrogen (secondary N) is 2. The van der Waals surface area contributed by atoms with Crippen molar-refractivity contribution in [3.05, 3.63) is 48.0 Å². The average Bonchev–Trinajstić information content (AvgIpc) is 3.02. The minimum atomic E-state index is -0.481. The molecule has 0 radical (unpaired) electrons. The van der Waals surface area contributed by atoms with Crippen LogP contribution in [0.25, 0.3) is 0 Å². The van der Waals surface area contributed by atoms with E-state index in [2.05, 4.69) is 10.6 Å². The van der Waals surface area contributed by atoms with Crippen molar-refractivity contribution >= 4 is 40.9 Å². The molecule has 2 aliphatic rings. The van der Waals surface area contributed by atoms with Crippen LogP contribution in [0.15, 0.2) is 47.5 Å².